The average Bonchev–Trinajstić information content (AvgIpc) is 2.91. The first-order valence-electron chi connectivity index (χ1n) is 6.45. The van der Waals surface area contributed by atoms with Crippen LogP contribution in [0.4, 0.5) is 0 Å². The predicted octanol–water partition coefficient (Wildman–Crippen LogP) is 3.05. The molecular weight excluding hydrogens is 321 g/mol. The van der Waals surface area contributed by atoms with E-state index in [2.05, 4.69) is 0 Å². The Morgan fingerprint density at radius 2 is 1.90 bits per heavy atom. The van der Waals surface area contributed by atoms with Gasteiger partial charge >= 0.3 is 0 Å². The first-order valence-corrected chi connectivity index (χ1v) is 8.65. The van der Waals surface area contributed by atoms with Crippen molar-refractivity contribution in [3.05, 3.63) is 27.7 Å². The molecule has 1 fully saturated rings. The van der Waals surface area contributed by atoms with Gasteiger partial charge < -0.3 is 5.11 Å². The van der Waals surface area contributed by atoms with E-state index in [1.807, 2.05) is 0 Å². The van der Waals surface area contributed by atoms with Crippen molar-refractivity contribution in [1.29, 1.82) is 0 Å². The summed E-state index contributed by atoms with van der Waals surface area (Å²) < 4.78 is 26.7. The SMILES string of the molecule is CN(C1CCCC1)S(=O)(=O)c1ccc(Cl)c(CO)c1Cl. The fourth-order valence-electron chi connectivity index (χ4n) is 2.54. The Labute approximate surface area is 129 Å². The number of sulfonamides is 1. The van der Waals surface area contributed by atoms with E-state index in [1.165, 1.54) is 16.4 Å². The Hall–Kier alpha value is -0.330. The van der Waals surface area contributed by atoms with Crippen molar-refractivity contribution in [2.45, 2.75) is 43.2 Å². The van der Waals surface area contributed by atoms with Crippen molar-refractivity contribution in [3.8, 4) is 0 Å². The van der Waals surface area contributed by atoms with Crippen LogP contribution in [-0.4, -0.2) is 30.9 Å². The number of hydrogen-bond donors (Lipinski definition) is 1. The maximum absolute atomic E-state index is 12.6. The largest absolute Gasteiger partial charge is 0.392 e. The Balaban J connectivity index is 2.44. The van der Waals surface area contributed by atoms with E-state index in [4.69, 9.17) is 23.2 Å². The van der Waals surface area contributed by atoms with Gasteiger partial charge in [0.05, 0.1) is 11.6 Å². The van der Waals surface area contributed by atoms with E-state index in [-0.39, 0.29) is 26.5 Å². The summed E-state index contributed by atoms with van der Waals surface area (Å²) in [4.78, 5) is 0.00187. The van der Waals surface area contributed by atoms with Gasteiger partial charge in [-0.1, -0.05) is 36.0 Å². The Morgan fingerprint density at radius 3 is 2.45 bits per heavy atom. The van der Waals surface area contributed by atoms with E-state index >= 15 is 0 Å². The summed E-state index contributed by atoms with van der Waals surface area (Å²) in [6.07, 6.45) is 3.82. The Kier molecular flexibility index (Phi) is 4.97. The van der Waals surface area contributed by atoms with Gasteiger partial charge in [0, 0.05) is 23.7 Å². The number of benzene rings is 1. The van der Waals surface area contributed by atoms with Gasteiger partial charge in [-0.25, -0.2) is 8.42 Å². The molecule has 0 atom stereocenters. The second kappa shape index (κ2) is 6.20. The lowest BCUT2D eigenvalue weighted by atomic mass is 10.2. The van der Waals surface area contributed by atoms with Crippen LogP contribution in [-0.2, 0) is 16.6 Å². The second-order valence-electron chi connectivity index (χ2n) is 4.96. The molecule has 0 bridgehead atoms. The highest BCUT2D eigenvalue weighted by Crippen LogP contribution is 2.34. The van der Waals surface area contributed by atoms with Crippen molar-refractivity contribution < 1.29 is 13.5 Å². The highest BCUT2D eigenvalue weighted by molar-refractivity contribution is 7.89. The van der Waals surface area contributed by atoms with Crippen molar-refractivity contribution >= 4 is 33.2 Å². The van der Waals surface area contributed by atoms with Gasteiger partial charge in [0.15, 0.2) is 0 Å². The van der Waals surface area contributed by atoms with Gasteiger partial charge in [0.2, 0.25) is 10.0 Å². The van der Waals surface area contributed by atoms with E-state index < -0.39 is 16.6 Å². The zero-order valence-electron chi connectivity index (χ0n) is 11.1. The number of aliphatic hydroxyl groups is 1. The first kappa shape index (κ1) is 16.0. The van der Waals surface area contributed by atoms with Crippen LogP contribution in [0.15, 0.2) is 17.0 Å². The lowest BCUT2D eigenvalue weighted by Crippen LogP contribution is -2.35. The Morgan fingerprint density at radius 1 is 1.30 bits per heavy atom. The number of nitrogens with zero attached hydrogens (tertiary/aromatic N) is 1. The van der Waals surface area contributed by atoms with Crippen LogP contribution in [0, 0.1) is 0 Å². The zero-order valence-corrected chi connectivity index (χ0v) is 13.5. The molecular formula is C13H17Cl2NO3S. The van der Waals surface area contributed by atoms with Crippen LogP contribution in [0.3, 0.4) is 0 Å². The maximum atomic E-state index is 12.6. The number of aliphatic hydroxyl groups excluding tert-OH is 1. The molecule has 1 aliphatic rings. The molecule has 0 radical (unpaired) electrons. The molecule has 0 spiro atoms. The summed E-state index contributed by atoms with van der Waals surface area (Å²) in [5.41, 5.74) is 0.245. The monoisotopic (exact) mass is 337 g/mol. The Bertz CT molecular complexity index is 598. The zero-order chi connectivity index (χ0) is 14.9. The molecule has 112 valence electrons. The topological polar surface area (TPSA) is 57.6 Å². The van der Waals surface area contributed by atoms with Crippen LogP contribution >= 0.6 is 23.2 Å². The van der Waals surface area contributed by atoms with Crippen LogP contribution in [0.1, 0.15) is 31.2 Å². The number of halogens is 2. The first-order chi connectivity index (χ1) is 9.39. The molecule has 0 amide bonds. The van der Waals surface area contributed by atoms with Gasteiger partial charge in [0.25, 0.3) is 0 Å². The fraction of sp³-hybridized carbons (Fsp3) is 0.538. The van der Waals surface area contributed by atoms with Crippen molar-refractivity contribution in [2.24, 2.45) is 0 Å². The van der Waals surface area contributed by atoms with Gasteiger partial charge in [-0.3, -0.25) is 0 Å². The summed E-state index contributed by atoms with van der Waals surface area (Å²) in [5, 5.41) is 9.53. The van der Waals surface area contributed by atoms with Gasteiger partial charge in [-0.15, -0.1) is 0 Å². The molecule has 1 N–H and O–H groups in total. The molecule has 0 saturated heterocycles. The van der Waals surface area contributed by atoms with Crippen LogP contribution < -0.4 is 0 Å². The molecule has 1 aromatic rings. The molecule has 4 nitrogen and oxygen atoms in total. The molecule has 1 saturated carbocycles. The van der Waals surface area contributed by atoms with Gasteiger partial charge in [0.1, 0.15) is 4.90 Å². The average molecular weight is 338 g/mol. The number of rotatable bonds is 4. The van der Waals surface area contributed by atoms with Crippen LogP contribution in [0.5, 0.6) is 0 Å². The van der Waals surface area contributed by atoms with Crippen LogP contribution in [0.2, 0.25) is 10.0 Å². The highest BCUT2D eigenvalue weighted by Gasteiger charge is 2.32. The van der Waals surface area contributed by atoms with Gasteiger partial charge in [-0.2, -0.15) is 4.31 Å². The number of hydrogen-bond acceptors (Lipinski definition) is 3. The third-order valence-corrected chi connectivity index (χ3v) is 6.65. The van der Waals surface area contributed by atoms with Crippen molar-refractivity contribution in [1.82, 2.24) is 4.31 Å². The summed E-state index contributed by atoms with van der Waals surface area (Å²) in [5.74, 6) is 0. The van der Waals surface area contributed by atoms with E-state index in [0.717, 1.165) is 25.7 Å². The molecule has 2 rings (SSSR count). The van der Waals surface area contributed by atoms with E-state index in [9.17, 15) is 13.5 Å². The predicted molar refractivity (Wildman–Crippen MR) is 79.6 cm³/mol. The third kappa shape index (κ3) is 2.83. The molecule has 0 aromatic heterocycles. The molecule has 1 aromatic carbocycles. The summed E-state index contributed by atoms with van der Waals surface area (Å²) >= 11 is 12.0. The van der Waals surface area contributed by atoms with Crippen LogP contribution in [0.25, 0.3) is 0 Å². The molecule has 0 unspecified atom stereocenters. The highest BCUT2D eigenvalue weighted by atomic mass is 35.5. The minimum absolute atomic E-state index is 0.00187. The lowest BCUT2D eigenvalue weighted by Gasteiger charge is -2.24. The molecule has 1 aliphatic carbocycles. The van der Waals surface area contributed by atoms with Gasteiger partial charge in [-0.05, 0) is 25.0 Å². The maximum Gasteiger partial charge on any atom is 0.244 e. The quantitative estimate of drug-likeness (QED) is 0.918. The summed E-state index contributed by atoms with van der Waals surface area (Å²) in [7, 11) is -2.09. The lowest BCUT2D eigenvalue weighted by molar-refractivity contribution is 0.281. The fourth-order valence-corrected chi connectivity index (χ4v) is 4.83. The van der Waals surface area contributed by atoms with Crippen molar-refractivity contribution in [3.63, 3.8) is 0 Å². The minimum atomic E-state index is -3.67. The van der Waals surface area contributed by atoms with Crippen molar-refractivity contribution in [2.75, 3.05) is 7.05 Å². The summed E-state index contributed by atoms with van der Waals surface area (Å²) in [6, 6.07) is 2.86. The smallest absolute Gasteiger partial charge is 0.244 e. The molecule has 7 heteroatoms. The van der Waals surface area contributed by atoms with E-state index in [0.29, 0.717) is 0 Å². The molecule has 0 aliphatic heterocycles. The normalized spacial score (nSPS) is 17.1. The minimum Gasteiger partial charge on any atom is -0.392 e. The molecule has 20 heavy (non-hydrogen) atoms. The summed E-state index contributed by atoms with van der Waals surface area (Å²) in [6.45, 7) is -0.395. The molecule has 0 heterocycles. The standard InChI is InChI=1S/C13H17Cl2NO3S/c1-16(9-4-2-3-5-9)20(18,19)12-7-6-11(14)10(8-17)13(12)15/h6-7,9,17H,2-5,8H2,1H3. The third-order valence-electron chi connectivity index (χ3n) is 3.80. The second-order valence-corrected chi connectivity index (χ2v) is 7.71. The van der Waals surface area contributed by atoms with E-state index in [1.54, 1.807) is 7.05 Å².